The third-order valence-corrected chi connectivity index (χ3v) is 4.73. The summed E-state index contributed by atoms with van der Waals surface area (Å²) in [6.45, 7) is 1.94. The van der Waals surface area contributed by atoms with Crippen LogP contribution in [0.25, 0.3) is 6.08 Å². The summed E-state index contributed by atoms with van der Waals surface area (Å²) in [5.74, 6) is -0.529. The zero-order chi connectivity index (χ0) is 17.1. The second-order valence-electron chi connectivity index (χ2n) is 5.29. The van der Waals surface area contributed by atoms with Crippen molar-refractivity contribution in [3.63, 3.8) is 0 Å². The Morgan fingerprint density at radius 1 is 1.12 bits per heavy atom. The summed E-state index contributed by atoms with van der Waals surface area (Å²) >= 11 is 6.56. The van der Waals surface area contributed by atoms with E-state index < -0.39 is 0 Å². The number of hydrogen-bond donors (Lipinski definition) is 0. The van der Waals surface area contributed by atoms with E-state index in [1.165, 1.54) is 28.8 Å². The Bertz CT molecular complexity index is 841. The molecule has 1 aliphatic heterocycles. The molecule has 1 heterocycles. The lowest BCUT2D eigenvalue weighted by Gasteiger charge is -2.14. The third-order valence-electron chi connectivity index (χ3n) is 3.43. The number of rotatable bonds is 3. The van der Waals surface area contributed by atoms with Crippen LogP contribution in [-0.4, -0.2) is 10.2 Å². The van der Waals surface area contributed by atoms with Gasteiger partial charge in [-0.15, -0.1) is 0 Å². The largest absolute Gasteiger partial charge is 0.270 e. The maximum atomic E-state index is 13.1. The van der Waals surface area contributed by atoms with Crippen LogP contribution < -0.4 is 4.90 Å². The fraction of sp³-hybridized carbons (Fsp3) is 0.0526. The standard InChI is InChI=1S/C19H14FNOS2/c1-13(11-14-5-3-2-4-6-14)12-17-18(22)21(19(23)24-17)16-9-7-15(20)8-10-16/h2-12H,1H3/b13-11-,17-12-. The molecule has 0 radical (unpaired) electrons. The molecule has 3 rings (SSSR count). The number of thioether (sulfide) groups is 1. The normalized spacial score (nSPS) is 17.0. The molecule has 2 nitrogen and oxygen atoms in total. The van der Waals surface area contributed by atoms with Crippen molar-refractivity contribution in [1.29, 1.82) is 0 Å². The topological polar surface area (TPSA) is 20.3 Å². The van der Waals surface area contributed by atoms with Crippen LogP contribution in [0, 0.1) is 5.82 Å². The van der Waals surface area contributed by atoms with E-state index in [9.17, 15) is 9.18 Å². The molecule has 0 bridgehead atoms. The first kappa shape index (κ1) is 16.6. The van der Waals surface area contributed by atoms with E-state index in [-0.39, 0.29) is 11.7 Å². The van der Waals surface area contributed by atoms with Crippen LogP contribution in [0.1, 0.15) is 12.5 Å². The highest BCUT2D eigenvalue weighted by molar-refractivity contribution is 8.27. The van der Waals surface area contributed by atoms with E-state index in [1.54, 1.807) is 12.1 Å². The minimum atomic E-state index is -0.346. The molecule has 0 atom stereocenters. The first-order chi connectivity index (χ1) is 11.5. The Kier molecular flexibility index (Phi) is 4.92. The van der Waals surface area contributed by atoms with Crippen LogP contribution in [0.4, 0.5) is 10.1 Å². The second kappa shape index (κ2) is 7.11. The molecule has 0 spiro atoms. The molecular formula is C19H14FNOS2. The molecule has 1 aliphatic rings. The number of amides is 1. The van der Waals surface area contributed by atoms with E-state index in [2.05, 4.69) is 0 Å². The summed E-state index contributed by atoms with van der Waals surface area (Å²) in [7, 11) is 0. The minimum absolute atomic E-state index is 0.183. The molecule has 2 aromatic rings. The van der Waals surface area contributed by atoms with Gasteiger partial charge in [-0.05, 0) is 48.4 Å². The van der Waals surface area contributed by atoms with Crippen LogP contribution in [0.5, 0.6) is 0 Å². The zero-order valence-electron chi connectivity index (χ0n) is 12.9. The second-order valence-corrected chi connectivity index (χ2v) is 6.97. The highest BCUT2D eigenvalue weighted by Gasteiger charge is 2.33. The maximum absolute atomic E-state index is 13.1. The lowest BCUT2D eigenvalue weighted by molar-refractivity contribution is -0.113. The number of hydrogen-bond acceptors (Lipinski definition) is 3. The van der Waals surface area contributed by atoms with Gasteiger partial charge in [-0.1, -0.05) is 60.4 Å². The van der Waals surface area contributed by atoms with E-state index >= 15 is 0 Å². The predicted octanol–water partition coefficient (Wildman–Crippen LogP) is 5.18. The lowest BCUT2D eigenvalue weighted by Crippen LogP contribution is -2.27. The number of halogens is 1. The molecule has 0 aromatic heterocycles. The molecule has 0 N–H and O–H groups in total. The van der Waals surface area contributed by atoms with Gasteiger partial charge >= 0.3 is 0 Å². The zero-order valence-corrected chi connectivity index (χ0v) is 14.5. The monoisotopic (exact) mass is 355 g/mol. The Morgan fingerprint density at radius 3 is 2.46 bits per heavy atom. The molecule has 0 saturated carbocycles. The van der Waals surface area contributed by atoms with Gasteiger partial charge in [0.25, 0.3) is 5.91 Å². The van der Waals surface area contributed by atoms with Crippen LogP contribution in [-0.2, 0) is 4.79 Å². The molecule has 1 amide bonds. The number of benzene rings is 2. The molecule has 120 valence electrons. The fourth-order valence-corrected chi connectivity index (χ4v) is 3.69. The molecule has 0 unspecified atom stereocenters. The van der Waals surface area contributed by atoms with Gasteiger partial charge in [-0.25, -0.2) is 4.39 Å². The van der Waals surface area contributed by atoms with Gasteiger partial charge in [0.1, 0.15) is 5.82 Å². The van der Waals surface area contributed by atoms with Crippen LogP contribution in [0.15, 0.2) is 71.2 Å². The molecule has 5 heteroatoms. The minimum Gasteiger partial charge on any atom is -0.268 e. The maximum Gasteiger partial charge on any atom is 0.270 e. The average Bonchev–Trinajstić information content (AvgIpc) is 2.83. The van der Waals surface area contributed by atoms with Gasteiger partial charge in [0, 0.05) is 0 Å². The molecule has 1 fully saturated rings. The first-order valence-electron chi connectivity index (χ1n) is 7.31. The summed E-state index contributed by atoms with van der Waals surface area (Å²) in [6.07, 6.45) is 3.83. The highest BCUT2D eigenvalue weighted by atomic mass is 32.2. The number of allylic oxidation sites excluding steroid dienone is 2. The number of carbonyl (C=O) groups is 1. The van der Waals surface area contributed by atoms with Crippen molar-refractivity contribution >= 4 is 46.0 Å². The Hall–Kier alpha value is -2.24. The highest BCUT2D eigenvalue weighted by Crippen LogP contribution is 2.35. The number of carbonyl (C=O) groups excluding carboxylic acids is 1. The van der Waals surface area contributed by atoms with Crippen molar-refractivity contribution in [3.05, 3.63) is 82.5 Å². The average molecular weight is 355 g/mol. The van der Waals surface area contributed by atoms with Crippen molar-refractivity contribution in [3.8, 4) is 0 Å². The Morgan fingerprint density at radius 2 is 1.79 bits per heavy atom. The SMILES string of the molecule is CC(=C/c1ccccc1)/C=C1\SC(=S)N(c2ccc(F)cc2)C1=O. The van der Waals surface area contributed by atoms with E-state index in [0.717, 1.165) is 11.1 Å². The van der Waals surface area contributed by atoms with E-state index in [4.69, 9.17) is 12.2 Å². The Labute approximate surface area is 149 Å². The van der Waals surface area contributed by atoms with Gasteiger partial charge in [0.05, 0.1) is 10.6 Å². The number of thiocarbonyl (C=S) groups is 1. The molecule has 1 saturated heterocycles. The first-order valence-corrected chi connectivity index (χ1v) is 8.54. The summed E-state index contributed by atoms with van der Waals surface area (Å²) < 4.78 is 13.5. The van der Waals surface area contributed by atoms with Crippen LogP contribution in [0.3, 0.4) is 0 Å². The van der Waals surface area contributed by atoms with Crippen molar-refractivity contribution in [1.82, 2.24) is 0 Å². The van der Waals surface area contributed by atoms with Crippen molar-refractivity contribution in [2.24, 2.45) is 0 Å². The third kappa shape index (κ3) is 3.63. The Balaban J connectivity index is 1.85. The molecular weight excluding hydrogens is 341 g/mol. The number of nitrogens with zero attached hydrogens (tertiary/aromatic N) is 1. The smallest absolute Gasteiger partial charge is 0.268 e. The summed E-state index contributed by atoms with van der Waals surface area (Å²) in [4.78, 5) is 14.6. The van der Waals surface area contributed by atoms with Gasteiger partial charge < -0.3 is 0 Å². The molecule has 24 heavy (non-hydrogen) atoms. The van der Waals surface area contributed by atoms with Gasteiger partial charge in [0.2, 0.25) is 0 Å². The summed E-state index contributed by atoms with van der Waals surface area (Å²) in [5, 5.41) is 0. The van der Waals surface area contributed by atoms with Crippen molar-refractivity contribution in [2.75, 3.05) is 4.90 Å². The predicted molar refractivity (Wildman–Crippen MR) is 102 cm³/mol. The van der Waals surface area contributed by atoms with E-state index in [1.807, 2.05) is 49.4 Å². The summed E-state index contributed by atoms with van der Waals surface area (Å²) in [6, 6.07) is 15.6. The van der Waals surface area contributed by atoms with Crippen molar-refractivity contribution in [2.45, 2.75) is 6.92 Å². The van der Waals surface area contributed by atoms with Gasteiger partial charge in [0.15, 0.2) is 4.32 Å². The molecule has 2 aromatic carbocycles. The lowest BCUT2D eigenvalue weighted by atomic mass is 10.1. The van der Waals surface area contributed by atoms with Gasteiger partial charge in [-0.3, -0.25) is 9.69 Å². The van der Waals surface area contributed by atoms with Crippen LogP contribution in [0.2, 0.25) is 0 Å². The van der Waals surface area contributed by atoms with Gasteiger partial charge in [-0.2, -0.15) is 0 Å². The van der Waals surface area contributed by atoms with Crippen LogP contribution >= 0.6 is 24.0 Å². The fourth-order valence-electron chi connectivity index (χ4n) is 2.34. The van der Waals surface area contributed by atoms with Crippen molar-refractivity contribution < 1.29 is 9.18 Å². The quantitative estimate of drug-likeness (QED) is 0.559. The summed E-state index contributed by atoms with van der Waals surface area (Å²) in [5.41, 5.74) is 2.60. The number of anilines is 1. The van der Waals surface area contributed by atoms with E-state index in [0.29, 0.717) is 14.9 Å². The molecule has 0 aliphatic carbocycles.